The van der Waals surface area contributed by atoms with E-state index < -0.39 is 20.7 Å². The lowest BCUT2D eigenvalue weighted by molar-refractivity contribution is 0.569. The van der Waals surface area contributed by atoms with Crippen molar-refractivity contribution in [2.75, 3.05) is 16.6 Å². The molecule has 0 aliphatic rings. The maximum absolute atomic E-state index is 14.4. The topological polar surface area (TPSA) is 110 Å². The number of halogens is 2. The minimum absolute atomic E-state index is 0.0803. The van der Waals surface area contributed by atoms with Crippen molar-refractivity contribution < 1.29 is 12.8 Å². The molecule has 0 aliphatic carbocycles. The number of anilines is 2. The monoisotopic (exact) mass is 479 g/mol. The minimum atomic E-state index is -4.08. The number of benzene rings is 1. The van der Waals surface area contributed by atoms with E-state index in [1.165, 1.54) is 18.5 Å². The van der Waals surface area contributed by atoms with Gasteiger partial charge in [0.05, 0.1) is 5.69 Å². The Hall–Kier alpha value is -1.30. The van der Waals surface area contributed by atoms with Crippen LogP contribution in [0.4, 0.5) is 15.2 Å². The zero-order valence-corrected chi connectivity index (χ0v) is 18.1. The summed E-state index contributed by atoms with van der Waals surface area (Å²) in [6.45, 7) is 2.67. The molecular formula is C16H23BrFN5O2S2. The number of hydrogen-bond donors (Lipinski definition) is 3. The van der Waals surface area contributed by atoms with Gasteiger partial charge >= 0.3 is 0 Å². The van der Waals surface area contributed by atoms with Crippen LogP contribution >= 0.6 is 27.5 Å². The van der Waals surface area contributed by atoms with Gasteiger partial charge in [-0.2, -0.15) is 4.37 Å². The number of nitrogens with two attached hydrogens (primary N) is 1. The number of sulfonamides is 1. The van der Waals surface area contributed by atoms with E-state index in [0.717, 1.165) is 43.6 Å². The van der Waals surface area contributed by atoms with Gasteiger partial charge in [-0.05, 0) is 47.8 Å². The van der Waals surface area contributed by atoms with E-state index >= 15 is 0 Å². The van der Waals surface area contributed by atoms with E-state index in [-0.39, 0.29) is 11.2 Å². The van der Waals surface area contributed by atoms with Gasteiger partial charge in [-0.3, -0.25) is 4.72 Å². The van der Waals surface area contributed by atoms with Crippen LogP contribution in [-0.2, 0) is 10.0 Å². The number of rotatable bonds is 11. The smallest absolute Gasteiger partial charge is 0.266 e. The molecule has 2 rings (SSSR count). The third-order valence-electron chi connectivity index (χ3n) is 3.80. The predicted octanol–water partition coefficient (Wildman–Crippen LogP) is 3.95. The van der Waals surface area contributed by atoms with Crippen LogP contribution in [-0.4, -0.2) is 30.4 Å². The van der Waals surface area contributed by atoms with Crippen molar-refractivity contribution in [2.24, 2.45) is 5.73 Å². The highest BCUT2D eigenvalue weighted by Crippen LogP contribution is 2.29. The van der Waals surface area contributed by atoms with Crippen molar-refractivity contribution in [1.29, 1.82) is 0 Å². The summed E-state index contributed by atoms with van der Waals surface area (Å²) < 4.78 is 45.4. The third-order valence-corrected chi connectivity index (χ3v) is 6.52. The lowest BCUT2D eigenvalue weighted by atomic mass is 10.1. The maximum Gasteiger partial charge on any atom is 0.266 e. The van der Waals surface area contributed by atoms with Gasteiger partial charge in [-0.15, -0.1) is 0 Å². The molecule has 11 heteroatoms. The summed E-state index contributed by atoms with van der Waals surface area (Å²) in [5.74, 6) is -0.838. The first-order valence-corrected chi connectivity index (χ1v) is 11.6. The number of nitrogens with zero attached hydrogens (tertiary/aromatic N) is 2. The molecule has 4 N–H and O–H groups in total. The summed E-state index contributed by atoms with van der Waals surface area (Å²) in [4.78, 5) is 3.29. The lowest BCUT2D eigenvalue weighted by Crippen LogP contribution is -2.15. The number of hydrogen-bond acceptors (Lipinski definition) is 7. The van der Waals surface area contributed by atoms with Crippen LogP contribution in [0.25, 0.3) is 0 Å². The van der Waals surface area contributed by atoms with Crippen LogP contribution in [0.5, 0.6) is 0 Å². The van der Waals surface area contributed by atoms with Crippen molar-refractivity contribution in [3.63, 3.8) is 0 Å². The number of aromatic nitrogens is 2. The Kier molecular flexibility index (Phi) is 8.39. The second-order valence-electron chi connectivity index (χ2n) is 6.22. The lowest BCUT2D eigenvalue weighted by Gasteiger charge is -2.12. The molecule has 1 atom stereocenters. The van der Waals surface area contributed by atoms with E-state index in [1.807, 2.05) is 6.92 Å². The Morgan fingerprint density at radius 2 is 2.04 bits per heavy atom. The molecule has 0 unspecified atom stereocenters. The fraction of sp³-hybridized carbons (Fsp3) is 0.500. The van der Waals surface area contributed by atoms with Crippen molar-refractivity contribution in [3.05, 3.63) is 28.7 Å². The average molecular weight is 480 g/mol. The van der Waals surface area contributed by atoms with Gasteiger partial charge in [-0.1, -0.05) is 19.3 Å². The summed E-state index contributed by atoms with van der Waals surface area (Å²) in [7, 11) is -4.08. The molecule has 0 aliphatic heterocycles. The van der Waals surface area contributed by atoms with E-state index in [9.17, 15) is 12.8 Å². The van der Waals surface area contributed by atoms with Gasteiger partial charge in [0.2, 0.25) is 5.13 Å². The van der Waals surface area contributed by atoms with Crippen LogP contribution in [0.3, 0.4) is 0 Å². The standard InChI is InChI=1S/C16H23BrFN5O2S2/c1-11(19)6-4-2-3-5-7-20-14-9-13(18)15(8-12(14)17)27(24,25)23-16-21-10-22-26-16/h8-11,20H,2-7,19H2,1H3,(H,21,22,23)/t11-/m1/s1. The molecule has 0 fully saturated rings. The first kappa shape index (κ1) is 22.0. The van der Waals surface area contributed by atoms with Gasteiger partial charge in [0, 0.05) is 28.6 Å². The normalized spacial score (nSPS) is 12.7. The summed E-state index contributed by atoms with van der Waals surface area (Å²) in [5, 5.41) is 3.21. The van der Waals surface area contributed by atoms with E-state index in [0.29, 0.717) is 16.7 Å². The second-order valence-corrected chi connectivity index (χ2v) is 9.51. The van der Waals surface area contributed by atoms with Gasteiger partial charge in [0.15, 0.2) is 0 Å². The molecule has 2 aromatic rings. The highest BCUT2D eigenvalue weighted by Gasteiger charge is 2.22. The highest BCUT2D eigenvalue weighted by molar-refractivity contribution is 9.10. The molecule has 0 amide bonds. The fourth-order valence-electron chi connectivity index (χ4n) is 2.43. The summed E-state index contributed by atoms with van der Waals surface area (Å²) >= 11 is 4.17. The fourth-order valence-corrected chi connectivity index (χ4v) is 4.81. The van der Waals surface area contributed by atoms with Crippen molar-refractivity contribution in [3.8, 4) is 0 Å². The van der Waals surface area contributed by atoms with Crippen LogP contribution in [0, 0.1) is 5.82 Å². The predicted molar refractivity (Wildman–Crippen MR) is 110 cm³/mol. The van der Waals surface area contributed by atoms with Crippen LogP contribution < -0.4 is 15.8 Å². The maximum atomic E-state index is 14.4. The SMILES string of the molecule is C[C@@H](N)CCCCCCNc1cc(F)c(S(=O)(=O)Nc2ncns2)cc1Br. The minimum Gasteiger partial charge on any atom is -0.384 e. The third kappa shape index (κ3) is 6.98. The molecule has 0 saturated carbocycles. The van der Waals surface area contributed by atoms with E-state index in [1.54, 1.807) is 0 Å². The van der Waals surface area contributed by atoms with Crippen LogP contribution in [0.1, 0.15) is 39.0 Å². The molecule has 1 aromatic heterocycles. The Balaban J connectivity index is 1.92. The van der Waals surface area contributed by atoms with Crippen LogP contribution in [0.2, 0.25) is 0 Å². The Labute approximate surface area is 171 Å². The van der Waals surface area contributed by atoms with Gasteiger partial charge in [-0.25, -0.2) is 17.8 Å². The quantitative estimate of drug-likeness (QED) is 0.420. The van der Waals surface area contributed by atoms with Crippen molar-refractivity contribution in [2.45, 2.75) is 50.0 Å². The van der Waals surface area contributed by atoms with Crippen molar-refractivity contribution >= 4 is 48.3 Å². The molecule has 150 valence electrons. The van der Waals surface area contributed by atoms with Gasteiger partial charge in [0.25, 0.3) is 10.0 Å². The highest BCUT2D eigenvalue weighted by atomic mass is 79.9. The zero-order valence-electron chi connectivity index (χ0n) is 14.9. The molecule has 0 radical (unpaired) electrons. The number of unbranched alkanes of at least 4 members (excludes halogenated alkanes) is 3. The summed E-state index contributed by atoms with van der Waals surface area (Å²) in [6, 6.07) is 2.65. The Morgan fingerprint density at radius 1 is 1.30 bits per heavy atom. The molecule has 27 heavy (non-hydrogen) atoms. The van der Waals surface area contributed by atoms with Crippen LogP contribution in [0.15, 0.2) is 27.8 Å². The average Bonchev–Trinajstić information content (AvgIpc) is 3.08. The molecule has 0 spiro atoms. The number of nitrogens with one attached hydrogen (secondary N) is 2. The van der Waals surface area contributed by atoms with Gasteiger partial charge in [0.1, 0.15) is 17.0 Å². The Bertz CT molecular complexity index is 832. The van der Waals surface area contributed by atoms with E-state index in [2.05, 4.69) is 35.3 Å². The molecule has 1 heterocycles. The molecule has 7 nitrogen and oxygen atoms in total. The second kappa shape index (κ2) is 10.3. The summed E-state index contributed by atoms with van der Waals surface area (Å²) in [5.41, 5.74) is 6.23. The molecular weight excluding hydrogens is 457 g/mol. The zero-order chi connectivity index (χ0) is 19.9. The largest absolute Gasteiger partial charge is 0.384 e. The summed E-state index contributed by atoms with van der Waals surface area (Å²) in [6.07, 6.45) is 6.44. The van der Waals surface area contributed by atoms with Crippen molar-refractivity contribution in [1.82, 2.24) is 9.36 Å². The Morgan fingerprint density at radius 3 is 2.70 bits per heavy atom. The molecule has 0 bridgehead atoms. The van der Waals surface area contributed by atoms with Gasteiger partial charge < -0.3 is 11.1 Å². The van der Waals surface area contributed by atoms with E-state index in [4.69, 9.17) is 5.73 Å². The first-order chi connectivity index (χ1) is 12.8. The molecule has 1 aromatic carbocycles. The first-order valence-electron chi connectivity index (χ1n) is 8.57. The molecule has 0 saturated heterocycles.